The smallest absolute Gasteiger partial charge is 0.291 e. The molecule has 4 rings (SSSR count). The Labute approximate surface area is 155 Å². The number of nitrogens with one attached hydrogen (secondary N) is 1. The van der Waals surface area contributed by atoms with E-state index in [0.717, 1.165) is 35.9 Å². The normalized spacial score (nSPS) is 15.8. The highest BCUT2D eigenvalue weighted by Gasteiger charge is 2.25. The fourth-order valence-electron chi connectivity index (χ4n) is 3.24. The van der Waals surface area contributed by atoms with E-state index in [9.17, 15) is 9.59 Å². The molecule has 5 heteroatoms. The second-order valence-corrected chi connectivity index (χ2v) is 7.18. The van der Waals surface area contributed by atoms with Gasteiger partial charge in [-0.1, -0.05) is 42.5 Å². The van der Waals surface area contributed by atoms with E-state index in [1.807, 2.05) is 18.2 Å². The van der Waals surface area contributed by atoms with Gasteiger partial charge in [-0.25, -0.2) is 0 Å². The summed E-state index contributed by atoms with van der Waals surface area (Å²) in [6.07, 6.45) is 5.95. The van der Waals surface area contributed by atoms with E-state index < -0.39 is 0 Å². The number of aromatic nitrogens is 1. The van der Waals surface area contributed by atoms with Crippen molar-refractivity contribution in [3.63, 3.8) is 0 Å². The van der Waals surface area contributed by atoms with Crippen molar-refractivity contribution in [2.75, 3.05) is 0 Å². The number of aryl methyl sites for hydroxylation is 2. The minimum atomic E-state index is -0.313. The van der Waals surface area contributed by atoms with E-state index in [2.05, 4.69) is 52.5 Å². The molecule has 0 unspecified atom stereocenters. The summed E-state index contributed by atoms with van der Waals surface area (Å²) in [6.45, 7) is 0.934. The summed E-state index contributed by atoms with van der Waals surface area (Å²) < 4.78 is 2.24. The molecule has 130 valence electrons. The topological polar surface area (TPSA) is 51.1 Å². The molecule has 26 heavy (non-hydrogen) atoms. The Hall–Kier alpha value is -2.79. The number of hydrogen-bond donors (Lipinski definition) is 1. The quantitative estimate of drug-likeness (QED) is 0.675. The second-order valence-electron chi connectivity index (χ2n) is 6.24. The molecule has 1 aromatic heterocycles. The van der Waals surface area contributed by atoms with E-state index in [1.165, 1.54) is 5.56 Å². The number of rotatable bonds is 5. The SMILES string of the molecule is O=C1NC(=Cc2cccc3c2ccn3CCCc2ccccc2)C(=O)S1. The Bertz CT molecular complexity index is 1010. The van der Waals surface area contributed by atoms with Crippen molar-refractivity contribution in [2.45, 2.75) is 19.4 Å². The first kappa shape index (κ1) is 16.7. The number of fused-ring (bicyclic) bond motifs is 1. The van der Waals surface area contributed by atoms with Crippen LogP contribution >= 0.6 is 11.8 Å². The summed E-state index contributed by atoms with van der Waals surface area (Å²) >= 11 is 0.705. The number of hydrogen-bond acceptors (Lipinski definition) is 3. The average molecular weight is 362 g/mol. The largest absolute Gasteiger partial charge is 0.347 e. The lowest BCUT2D eigenvalue weighted by Crippen LogP contribution is -2.10. The van der Waals surface area contributed by atoms with E-state index in [4.69, 9.17) is 0 Å². The van der Waals surface area contributed by atoms with Crippen LogP contribution in [-0.2, 0) is 17.8 Å². The van der Waals surface area contributed by atoms with Crippen molar-refractivity contribution in [2.24, 2.45) is 0 Å². The Balaban J connectivity index is 1.54. The van der Waals surface area contributed by atoms with Gasteiger partial charge in [0.2, 0.25) is 5.12 Å². The molecule has 1 fully saturated rings. The van der Waals surface area contributed by atoms with Crippen LogP contribution in [0.1, 0.15) is 17.5 Å². The van der Waals surface area contributed by atoms with Crippen molar-refractivity contribution in [1.29, 1.82) is 0 Å². The monoisotopic (exact) mass is 362 g/mol. The number of carbonyl (C=O) groups excluding carboxylic acids is 2. The van der Waals surface area contributed by atoms with Crippen molar-refractivity contribution >= 4 is 39.1 Å². The molecule has 0 spiro atoms. The van der Waals surface area contributed by atoms with Gasteiger partial charge < -0.3 is 9.88 Å². The molecule has 2 heterocycles. The Morgan fingerprint density at radius 1 is 1.00 bits per heavy atom. The van der Waals surface area contributed by atoms with E-state index >= 15 is 0 Å². The predicted octanol–water partition coefficient (Wildman–Crippen LogP) is 4.60. The molecule has 0 bridgehead atoms. The summed E-state index contributed by atoms with van der Waals surface area (Å²) in [5, 5.41) is 3.15. The van der Waals surface area contributed by atoms with Crippen molar-refractivity contribution in [3.05, 3.63) is 77.6 Å². The van der Waals surface area contributed by atoms with Gasteiger partial charge in [-0.3, -0.25) is 9.59 Å². The van der Waals surface area contributed by atoms with Crippen molar-refractivity contribution < 1.29 is 9.59 Å². The lowest BCUT2D eigenvalue weighted by Gasteiger charge is -2.07. The van der Waals surface area contributed by atoms with Gasteiger partial charge in [-0.15, -0.1) is 0 Å². The molecule has 2 aromatic carbocycles. The average Bonchev–Trinajstić information content (AvgIpc) is 3.20. The second kappa shape index (κ2) is 7.22. The van der Waals surface area contributed by atoms with Crippen LogP contribution in [-0.4, -0.2) is 14.9 Å². The van der Waals surface area contributed by atoms with Gasteiger partial charge in [0.25, 0.3) is 5.24 Å². The minimum Gasteiger partial charge on any atom is -0.347 e. The molecule has 1 aliphatic heterocycles. The highest BCUT2D eigenvalue weighted by atomic mass is 32.2. The minimum absolute atomic E-state index is 0.228. The van der Waals surface area contributed by atoms with Gasteiger partial charge in [0, 0.05) is 35.4 Å². The standard InChI is InChI=1S/C21H18N2O2S/c24-20-18(22-21(25)26-20)14-16-9-4-10-19-17(16)11-13-23(19)12-5-8-15-6-2-1-3-7-15/h1-4,6-7,9-11,13-14H,5,8,12H2,(H,22,25). The third kappa shape index (κ3) is 3.44. The van der Waals surface area contributed by atoms with Crippen molar-refractivity contribution in [1.82, 2.24) is 9.88 Å². The third-order valence-electron chi connectivity index (χ3n) is 4.50. The number of carbonyl (C=O) groups is 2. The fourth-order valence-corrected chi connectivity index (χ4v) is 3.79. The van der Waals surface area contributed by atoms with Gasteiger partial charge in [0.15, 0.2) is 0 Å². The van der Waals surface area contributed by atoms with Crippen LogP contribution in [0.25, 0.3) is 17.0 Å². The van der Waals surface area contributed by atoms with Gasteiger partial charge in [-0.2, -0.15) is 0 Å². The Morgan fingerprint density at radius 3 is 2.62 bits per heavy atom. The summed E-state index contributed by atoms with van der Waals surface area (Å²) in [6, 6.07) is 18.6. The van der Waals surface area contributed by atoms with Gasteiger partial charge >= 0.3 is 0 Å². The molecule has 1 amide bonds. The maximum absolute atomic E-state index is 11.8. The first-order valence-corrected chi connectivity index (χ1v) is 9.39. The zero-order chi connectivity index (χ0) is 17.9. The first-order chi connectivity index (χ1) is 12.7. The maximum Gasteiger partial charge on any atom is 0.291 e. The molecule has 1 aliphatic rings. The fraction of sp³-hybridized carbons (Fsp3) is 0.143. The van der Waals surface area contributed by atoms with Gasteiger partial charge in [-0.05, 0) is 42.2 Å². The highest BCUT2D eigenvalue weighted by molar-refractivity contribution is 8.27. The molecule has 0 saturated carbocycles. The van der Waals surface area contributed by atoms with Crippen LogP contribution in [0.15, 0.2) is 66.5 Å². The number of nitrogens with zero attached hydrogens (tertiary/aromatic N) is 1. The van der Waals surface area contributed by atoms with Crippen LogP contribution in [0.4, 0.5) is 4.79 Å². The molecule has 1 saturated heterocycles. The van der Waals surface area contributed by atoms with Gasteiger partial charge in [0.1, 0.15) is 0 Å². The third-order valence-corrected chi connectivity index (χ3v) is 5.19. The zero-order valence-electron chi connectivity index (χ0n) is 14.1. The zero-order valence-corrected chi connectivity index (χ0v) is 15.0. The molecular weight excluding hydrogens is 344 g/mol. The van der Waals surface area contributed by atoms with Crippen LogP contribution < -0.4 is 5.32 Å². The summed E-state index contributed by atoms with van der Waals surface area (Å²) in [5.41, 5.74) is 3.78. The molecule has 0 radical (unpaired) electrons. The summed E-state index contributed by atoms with van der Waals surface area (Å²) in [4.78, 5) is 23.2. The van der Waals surface area contributed by atoms with E-state index in [-0.39, 0.29) is 10.4 Å². The number of thioether (sulfide) groups is 1. The molecular formula is C21H18N2O2S. The first-order valence-electron chi connectivity index (χ1n) is 8.57. The molecule has 1 N–H and O–H groups in total. The number of amides is 1. The molecule has 4 nitrogen and oxygen atoms in total. The molecule has 0 aliphatic carbocycles. The summed E-state index contributed by atoms with van der Waals surface area (Å²) in [7, 11) is 0. The van der Waals surface area contributed by atoms with E-state index in [0.29, 0.717) is 17.5 Å². The summed E-state index contributed by atoms with van der Waals surface area (Å²) in [5.74, 6) is 0. The van der Waals surface area contributed by atoms with Crippen LogP contribution in [0, 0.1) is 0 Å². The lowest BCUT2D eigenvalue weighted by molar-refractivity contribution is -0.107. The van der Waals surface area contributed by atoms with E-state index in [1.54, 1.807) is 6.08 Å². The lowest BCUT2D eigenvalue weighted by atomic mass is 10.1. The Kier molecular flexibility index (Phi) is 4.63. The molecule has 3 aromatic rings. The maximum atomic E-state index is 11.8. The van der Waals surface area contributed by atoms with Crippen LogP contribution in [0.2, 0.25) is 0 Å². The predicted molar refractivity (Wildman–Crippen MR) is 106 cm³/mol. The van der Waals surface area contributed by atoms with Crippen LogP contribution in [0.3, 0.4) is 0 Å². The molecule has 0 atom stereocenters. The van der Waals surface area contributed by atoms with Crippen molar-refractivity contribution in [3.8, 4) is 0 Å². The highest BCUT2D eigenvalue weighted by Crippen LogP contribution is 2.26. The van der Waals surface area contributed by atoms with Crippen LogP contribution in [0.5, 0.6) is 0 Å². The Morgan fingerprint density at radius 2 is 1.85 bits per heavy atom. The number of benzene rings is 2. The van der Waals surface area contributed by atoms with Gasteiger partial charge in [0.05, 0.1) is 5.70 Å².